The number of pyridine rings is 2. The van der Waals surface area contributed by atoms with Gasteiger partial charge in [-0.3, -0.25) is 4.68 Å². The highest BCUT2D eigenvalue weighted by molar-refractivity contribution is 5.75. The standard InChI is InChI=1S/C27H31N7O/c1-18(20-9-10-25(35-3)29-13-20)12-30-26(19-7-5-4-6-8-19)24-16-28-23-11-21(14-31-27(23)33-24)22-15-32-34(2)17-22/h4-11,13-15,17-18,24,26,28,30H,12,16H2,1-3H3,(H,31,33)/t18-,24+,26+/m0/s1. The van der Waals surface area contributed by atoms with Gasteiger partial charge in [0, 0.05) is 55.9 Å². The molecular weight excluding hydrogens is 438 g/mol. The molecule has 0 bridgehead atoms. The molecule has 4 heterocycles. The molecule has 1 aliphatic heterocycles. The van der Waals surface area contributed by atoms with E-state index in [1.165, 1.54) is 11.1 Å². The Balaban J connectivity index is 1.32. The molecule has 0 saturated carbocycles. The van der Waals surface area contributed by atoms with Gasteiger partial charge in [-0.15, -0.1) is 0 Å². The fourth-order valence-corrected chi connectivity index (χ4v) is 4.47. The number of nitrogens with zero attached hydrogens (tertiary/aromatic N) is 4. The number of fused-ring (bicyclic) bond motifs is 1. The largest absolute Gasteiger partial charge is 0.481 e. The third-order valence-electron chi connectivity index (χ3n) is 6.50. The molecule has 180 valence electrons. The number of methoxy groups -OCH3 is 1. The summed E-state index contributed by atoms with van der Waals surface area (Å²) in [6.45, 7) is 3.80. The zero-order valence-electron chi connectivity index (χ0n) is 20.3. The van der Waals surface area contributed by atoms with Gasteiger partial charge in [0.05, 0.1) is 31.1 Å². The molecule has 1 aliphatic rings. The Hall–Kier alpha value is -3.91. The summed E-state index contributed by atoms with van der Waals surface area (Å²) in [5.41, 5.74) is 5.52. The number of ether oxygens (including phenoxy) is 1. The maximum Gasteiger partial charge on any atom is 0.212 e. The highest BCUT2D eigenvalue weighted by atomic mass is 16.5. The van der Waals surface area contributed by atoms with Crippen molar-refractivity contribution in [3.8, 4) is 17.0 Å². The Morgan fingerprint density at radius 2 is 1.91 bits per heavy atom. The minimum absolute atomic E-state index is 0.102. The third-order valence-corrected chi connectivity index (χ3v) is 6.50. The second-order valence-corrected chi connectivity index (χ2v) is 8.99. The molecule has 3 aromatic heterocycles. The second-order valence-electron chi connectivity index (χ2n) is 8.99. The van der Waals surface area contributed by atoms with Crippen molar-refractivity contribution in [2.75, 3.05) is 30.8 Å². The van der Waals surface area contributed by atoms with Crippen LogP contribution in [0.15, 0.2) is 73.3 Å². The number of aryl methyl sites for hydroxylation is 1. The molecule has 3 atom stereocenters. The van der Waals surface area contributed by atoms with Crippen LogP contribution < -0.4 is 20.7 Å². The zero-order chi connectivity index (χ0) is 24.2. The minimum atomic E-state index is 0.102. The lowest BCUT2D eigenvalue weighted by atomic mass is 9.95. The molecule has 0 fully saturated rings. The number of rotatable bonds is 8. The van der Waals surface area contributed by atoms with E-state index in [0.29, 0.717) is 11.8 Å². The van der Waals surface area contributed by atoms with Crippen molar-refractivity contribution in [2.45, 2.75) is 24.9 Å². The number of benzene rings is 1. The maximum atomic E-state index is 5.19. The lowest BCUT2D eigenvalue weighted by Gasteiger charge is -2.35. The molecule has 0 spiro atoms. The number of nitrogens with one attached hydrogen (secondary N) is 3. The average molecular weight is 470 g/mol. The summed E-state index contributed by atoms with van der Waals surface area (Å²) in [6.07, 6.45) is 7.65. The molecule has 5 rings (SSSR count). The molecule has 0 aliphatic carbocycles. The predicted molar refractivity (Wildman–Crippen MR) is 139 cm³/mol. The summed E-state index contributed by atoms with van der Waals surface area (Å²) in [7, 11) is 3.55. The normalized spacial score (nSPS) is 16.5. The van der Waals surface area contributed by atoms with Gasteiger partial charge in [0.1, 0.15) is 5.82 Å². The quantitative estimate of drug-likeness (QED) is 0.356. The van der Waals surface area contributed by atoms with E-state index < -0.39 is 0 Å². The van der Waals surface area contributed by atoms with Crippen molar-refractivity contribution in [3.63, 3.8) is 0 Å². The van der Waals surface area contributed by atoms with Gasteiger partial charge in [-0.25, -0.2) is 9.97 Å². The molecule has 4 aromatic rings. The third kappa shape index (κ3) is 5.12. The van der Waals surface area contributed by atoms with Crippen LogP contribution in [0.2, 0.25) is 0 Å². The van der Waals surface area contributed by atoms with Gasteiger partial charge in [-0.05, 0) is 23.1 Å². The highest BCUT2D eigenvalue weighted by Crippen LogP contribution is 2.32. The first kappa shape index (κ1) is 22.9. The Kier molecular flexibility index (Phi) is 6.63. The smallest absolute Gasteiger partial charge is 0.212 e. The molecule has 0 unspecified atom stereocenters. The van der Waals surface area contributed by atoms with Crippen LogP contribution in [0.3, 0.4) is 0 Å². The summed E-state index contributed by atoms with van der Waals surface area (Å²) >= 11 is 0. The van der Waals surface area contributed by atoms with Crippen molar-refractivity contribution < 1.29 is 4.74 Å². The second kappa shape index (κ2) is 10.1. The predicted octanol–water partition coefficient (Wildman–Crippen LogP) is 4.23. The topological polar surface area (TPSA) is 88.9 Å². The van der Waals surface area contributed by atoms with Crippen molar-refractivity contribution in [1.29, 1.82) is 0 Å². The zero-order valence-corrected chi connectivity index (χ0v) is 20.3. The number of anilines is 2. The molecule has 35 heavy (non-hydrogen) atoms. The first-order valence-electron chi connectivity index (χ1n) is 11.9. The number of hydrogen-bond donors (Lipinski definition) is 3. The van der Waals surface area contributed by atoms with Crippen LogP contribution in [-0.2, 0) is 7.05 Å². The van der Waals surface area contributed by atoms with E-state index in [0.717, 1.165) is 35.7 Å². The van der Waals surface area contributed by atoms with E-state index in [1.54, 1.807) is 11.8 Å². The fourth-order valence-electron chi connectivity index (χ4n) is 4.47. The highest BCUT2D eigenvalue weighted by Gasteiger charge is 2.28. The van der Waals surface area contributed by atoms with Crippen LogP contribution >= 0.6 is 0 Å². The number of aromatic nitrogens is 4. The minimum Gasteiger partial charge on any atom is -0.481 e. The summed E-state index contributed by atoms with van der Waals surface area (Å²) in [5.74, 6) is 1.79. The van der Waals surface area contributed by atoms with E-state index in [9.17, 15) is 0 Å². The van der Waals surface area contributed by atoms with E-state index in [-0.39, 0.29) is 12.1 Å². The van der Waals surface area contributed by atoms with Gasteiger partial charge in [-0.2, -0.15) is 5.10 Å². The Labute approximate surface area is 205 Å². The van der Waals surface area contributed by atoms with Gasteiger partial charge in [-0.1, -0.05) is 43.3 Å². The SMILES string of the molecule is COc1ccc([C@@H](C)CN[C@H](c2ccccc2)[C@H]2CNc3cc(-c4cnn(C)c4)cnc3N2)cn1. The first-order valence-corrected chi connectivity index (χ1v) is 11.9. The Morgan fingerprint density at radius 1 is 1.06 bits per heavy atom. The summed E-state index contributed by atoms with van der Waals surface area (Å²) in [5, 5.41) is 15.3. The molecule has 3 N–H and O–H groups in total. The van der Waals surface area contributed by atoms with Crippen LogP contribution in [0, 0.1) is 0 Å². The first-order chi connectivity index (χ1) is 17.1. The summed E-state index contributed by atoms with van der Waals surface area (Å²) in [4.78, 5) is 9.09. The van der Waals surface area contributed by atoms with Gasteiger partial charge >= 0.3 is 0 Å². The van der Waals surface area contributed by atoms with Crippen molar-refractivity contribution in [1.82, 2.24) is 25.1 Å². The number of hydrogen-bond acceptors (Lipinski definition) is 7. The van der Waals surface area contributed by atoms with Crippen LogP contribution in [-0.4, -0.2) is 46.0 Å². The lowest BCUT2D eigenvalue weighted by Crippen LogP contribution is -2.45. The van der Waals surface area contributed by atoms with E-state index >= 15 is 0 Å². The van der Waals surface area contributed by atoms with Gasteiger partial charge < -0.3 is 20.7 Å². The Bertz CT molecular complexity index is 1260. The molecule has 0 radical (unpaired) electrons. The van der Waals surface area contributed by atoms with Gasteiger partial charge in [0.25, 0.3) is 0 Å². The van der Waals surface area contributed by atoms with Crippen LogP contribution in [0.1, 0.15) is 30.0 Å². The van der Waals surface area contributed by atoms with Crippen molar-refractivity contribution in [3.05, 3.63) is 84.4 Å². The molecular formula is C27H31N7O. The van der Waals surface area contributed by atoms with Crippen molar-refractivity contribution >= 4 is 11.5 Å². The molecule has 0 saturated heterocycles. The molecule has 8 nitrogen and oxygen atoms in total. The maximum absolute atomic E-state index is 5.19. The molecule has 1 aromatic carbocycles. The summed E-state index contributed by atoms with van der Waals surface area (Å²) < 4.78 is 7.00. The molecule has 0 amide bonds. The van der Waals surface area contributed by atoms with E-state index in [1.807, 2.05) is 37.9 Å². The molecule has 8 heteroatoms. The summed E-state index contributed by atoms with van der Waals surface area (Å²) in [6, 6.07) is 16.9. The van der Waals surface area contributed by atoms with Gasteiger partial charge in [0.15, 0.2) is 0 Å². The lowest BCUT2D eigenvalue weighted by molar-refractivity contribution is 0.397. The van der Waals surface area contributed by atoms with Crippen molar-refractivity contribution in [2.24, 2.45) is 7.05 Å². The van der Waals surface area contributed by atoms with Crippen LogP contribution in [0.25, 0.3) is 11.1 Å². The van der Waals surface area contributed by atoms with Gasteiger partial charge in [0.2, 0.25) is 5.88 Å². The average Bonchev–Trinajstić information content (AvgIpc) is 3.35. The fraction of sp³-hybridized carbons (Fsp3) is 0.296. The Morgan fingerprint density at radius 3 is 2.63 bits per heavy atom. The van der Waals surface area contributed by atoms with Crippen LogP contribution in [0.5, 0.6) is 5.88 Å². The monoisotopic (exact) mass is 469 g/mol. The van der Waals surface area contributed by atoms with Crippen LogP contribution in [0.4, 0.5) is 11.5 Å². The van der Waals surface area contributed by atoms with E-state index in [2.05, 4.69) is 75.4 Å². The van der Waals surface area contributed by atoms with E-state index in [4.69, 9.17) is 9.72 Å².